The minimum Gasteiger partial charge on any atom is -0.497 e. The van der Waals surface area contributed by atoms with Gasteiger partial charge in [-0.25, -0.2) is 0 Å². The first-order valence-corrected chi connectivity index (χ1v) is 7.23. The molecule has 0 fully saturated rings. The molecule has 22 heavy (non-hydrogen) atoms. The molecule has 2 aromatic carbocycles. The highest BCUT2D eigenvalue weighted by Gasteiger charge is 2.16. The van der Waals surface area contributed by atoms with Gasteiger partial charge in [0.25, 0.3) is 0 Å². The number of benzene rings is 2. The van der Waals surface area contributed by atoms with Gasteiger partial charge in [0, 0.05) is 23.5 Å². The van der Waals surface area contributed by atoms with Crippen LogP contribution in [0.3, 0.4) is 0 Å². The number of nitrogens with zero attached hydrogens (tertiary/aromatic N) is 1. The molecule has 1 heterocycles. The van der Waals surface area contributed by atoms with Crippen molar-refractivity contribution < 1.29 is 9.84 Å². The molecule has 112 valence electrons. The Labute approximate surface area is 130 Å². The molecular formula is C19H19NO2. The molecule has 0 radical (unpaired) electrons. The summed E-state index contributed by atoms with van der Waals surface area (Å²) in [6, 6.07) is 14.3. The fourth-order valence-corrected chi connectivity index (χ4v) is 2.46. The van der Waals surface area contributed by atoms with Gasteiger partial charge in [0.1, 0.15) is 5.75 Å². The number of aromatic nitrogens is 1. The number of aliphatic hydroxyl groups is 1. The molecule has 1 aromatic heterocycles. The number of pyridine rings is 1. The quantitative estimate of drug-likeness (QED) is 0.789. The smallest absolute Gasteiger partial charge is 0.119 e. The summed E-state index contributed by atoms with van der Waals surface area (Å²) in [5, 5.41) is 12.4. The van der Waals surface area contributed by atoms with Gasteiger partial charge in [-0.3, -0.25) is 4.98 Å². The van der Waals surface area contributed by atoms with Gasteiger partial charge in [0.2, 0.25) is 0 Å². The van der Waals surface area contributed by atoms with Crippen molar-refractivity contribution in [3.63, 3.8) is 0 Å². The first-order chi connectivity index (χ1) is 10.5. The fourth-order valence-electron chi connectivity index (χ4n) is 2.46. The highest BCUT2D eigenvalue weighted by Crippen LogP contribution is 2.29. The van der Waals surface area contributed by atoms with E-state index in [0.717, 1.165) is 33.2 Å². The number of hydrogen-bond acceptors (Lipinski definition) is 3. The van der Waals surface area contributed by atoms with Gasteiger partial charge in [0.15, 0.2) is 0 Å². The normalized spacial score (nSPS) is 11.6. The molecule has 3 rings (SSSR count). The lowest BCUT2D eigenvalue weighted by atomic mass is 9.96. The van der Waals surface area contributed by atoms with Crippen molar-refractivity contribution in [2.45, 2.75) is 19.4 Å². The van der Waals surface area contributed by atoms with Gasteiger partial charge in [0.05, 0.1) is 12.7 Å². The van der Waals surface area contributed by atoms with E-state index in [4.69, 9.17) is 4.74 Å². The summed E-state index contributed by atoms with van der Waals surface area (Å²) in [5.74, 6) is 0.853. The zero-order valence-corrected chi connectivity index (χ0v) is 13.0. The van der Waals surface area contributed by atoms with Crippen molar-refractivity contribution >= 4 is 10.8 Å². The Morgan fingerprint density at radius 3 is 2.36 bits per heavy atom. The zero-order chi connectivity index (χ0) is 15.7. The van der Waals surface area contributed by atoms with Crippen LogP contribution in [0.25, 0.3) is 21.9 Å². The maximum Gasteiger partial charge on any atom is 0.119 e. The zero-order valence-electron chi connectivity index (χ0n) is 13.0. The van der Waals surface area contributed by atoms with Crippen LogP contribution >= 0.6 is 0 Å². The topological polar surface area (TPSA) is 42.4 Å². The second-order valence-corrected chi connectivity index (χ2v) is 5.95. The van der Waals surface area contributed by atoms with Gasteiger partial charge in [-0.05, 0) is 54.4 Å². The van der Waals surface area contributed by atoms with Crippen molar-refractivity contribution in [3.05, 3.63) is 60.4 Å². The minimum absolute atomic E-state index is 0.805. The Bertz CT molecular complexity index is 819. The van der Waals surface area contributed by atoms with Crippen LogP contribution in [0.2, 0.25) is 0 Å². The molecule has 1 N–H and O–H groups in total. The molecule has 0 atom stereocenters. The molecule has 0 bridgehead atoms. The number of fused-ring (bicyclic) bond motifs is 1. The molecule has 0 saturated carbocycles. The second kappa shape index (κ2) is 5.43. The number of hydrogen-bond donors (Lipinski definition) is 1. The van der Waals surface area contributed by atoms with Crippen LogP contribution in [-0.2, 0) is 5.60 Å². The highest BCUT2D eigenvalue weighted by atomic mass is 16.5. The Morgan fingerprint density at radius 2 is 1.64 bits per heavy atom. The minimum atomic E-state index is -0.896. The average Bonchev–Trinajstić information content (AvgIpc) is 2.53. The summed E-state index contributed by atoms with van der Waals surface area (Å²) in [4.78, 5) is 4.25. The van der Waals surface area contributed by atoms with Crippen LogP contribution in [0, 0.1) is 0 Å². The molecule has 0 amide bonds. The van der Waals surface area contributed by atoms with E-state index in [9.17, 15) is 5.11 Å². The molecule has 3 nitrogen and oxygen atoms in total. The average molecular weight is 293 g/mol. The molecule has 0 aliphatic heterocycles. The molecule has 0 aliphatic rings. The first kappa shape index (κ1) is 14.5. The molecule has 3 aromatic rings. The van der Waals surface area contributed by atoms with E-state index in [1.54, 1.807) is 27.2 Å². The van der Waals surface area contributed by atoms with Crippen LogP contribution in [0.5, 0.6) is 5.75 Å². The summed E-state index contributed by atoms with van der Waals surface area (Å²) in [7, 11) is 1.67. The van der Waals surface area contributed by atoms with Gasteiger partial charge < -0.3 is 9.84 Å². The standard InChI is InChI=1S/C19H19NO2/c1-19(2,21)17-9-16(11-20-12-17)14-4-5-15-10-18(22-3)7-6-13(15)8-14/h4-12,21H,1-3H3. The van der Waals surface area contributed by atoms with E-state index in [2.05, 4.69) is 23.2 Å². The third-order valence-corrected chi connectivity index (χ3v) is 3.83. The van der Waals surface area contributed by atoms with Crippen LogP contribution in [-0.4, -0.2) is 17.2 Å². The number of ether oxygens (including phenoxy) is 1. The third kappa shape index (κ3) is 2.81. The summed E-state index contributed by atoms with van der Waals surface area (Å²) in [6.45, 7) is 3.53. The summed E-state index contributed by atoms with van der Waals surface area (Å²) in [6.07, 6.45) is 3.52. The van der Waals surface area contributed by atoms with Crippen molar-refractivity contribution in [3.8, 4) is 16.9 Å². The van der Waals surface area contributed by atoms with E-state index < -0.39 is 5.60 Å². The molecule has 0 unspecified atom stereocenters. The van der Waals surface area contributed by atoms with Crippen molar-refractivity contribution in [2.75, 3.05) is 7.11 Å². The number of methoxy groups -OCH3 is 1. The maximum atomic E-state index is 10.1. The van der Waals surface area contributed by atoms with Gasteiger partial charge in [-0.1, -0.05) is 18.2 Å². The Morgan fingerprint density at radius 1 is 0.909 bits per heavy atom. The van der Waals surface area contributed by atoms with E-state index in [1.807, 2.05) is 30.5 Å². The lowest BCUT2D eigenvalue weighted by Gasteiger charge is -2.18. The van der Waals surface area contributed by atoms with E-state index in [1.165, 1.54) is 0 Å². The predicted molar refractivity (Wildman–Crippen MR) is 89.0 cm³/mol. The van der Waals surface area contributed by atoms with Crippen LogP contribution in [0.1, 0.15) is 19.4 Å². The summed E-state index contributed by atoms with van der Waals surface area (Å²) in [5.41, 5.74) is 1.99. The van der Waals surface area contributed by atoms with Gasteiger partial charge in [-0.2, -0.15) is 0 Å². The summed E-state index contributed by atoms with van der Waals surface area (Å²) >= 11 is 0. The van der Waals surface area contributed by atoms with Crippen LogP contribution in [0.4, 0.5) is 0 Å². The van der Waals surface area contributed by atoms with Gasteiger partial charge in [-0.15, -0.1) is 0 Å². The third-order valence-electron chi connectivity index (χ3n) is 3.83. The predicted octanol–water partition coefficient (Wildman–Crippen LogP) is 4.14. The first-order valence-electron chi connectivity index (χ1n) is 7.23. The van der Waals surface area contributed by atoms with Gasteiger partial charge >= 0.3 is 0 Å². The van der Waals surface area contributed by atoms with E-state index in [0.29, 0.717) is 0 Å². The molecule has 3 heteroatoms. The second-order valence-electron chi connectivity index (χ2n) is 5.95. The fraction of sp³-hybridized carbons (Fsp3) is 0.211. The molecule has 0 spiro atoms. The lowest BCUT2D eigenvalue weighted by Crippen LogP contribution is -2.15. The lowest BCUT2D eigenvalue weighted by molar-refractivity contribution is 0.0783. The molecule has 0 aliphatic carbocycles. The highest BCUT2D eigenvalue weighted by molar-refractivity contribution is 5.88. The summed E-state index contributed by atoms with van der Waals surface area (Å²) < 4.78 is 5.25. The van der Waals surface area contributed by atoms with E-state index >= 15 is 0 Å². The molecule has 0 saturated heterocycles. The SMILES string of the molecule is COc1ccc2cc(-c3cncc(C(C)(C)O)c3)ccc2c1. The van der Waals surface area contributed by atoms with Crippen LogP contribution < -0.4 is 4.74 Å². The van der Waals surface area contributed by atoms with Crippen molar-refractivity contribution in [1.29, 1.82) is 0 Å². The monoisotopic (exact) mass is 293 g/mol. The Hall–Kier alpha value is -2.39. The number of rotatable bonds is 3. The Balaban J connectivity index is 2.07. The maximum absolute atomic E-state index is 10.1. The molecular weight excluding hydrogens is 274 g/mol. The van der Waals surface area contributed by atoms with Crippen molar-refractivity contribution in [1.82, 2.24) is 4.98 Å². The Kier molecular flexibility index (Phi) is 3.59. The van der Waals surface area contributed by atoms with Crippen LogP contribution in [0.15, 0.2) is 54.9 Å². The van der Waals surface area contributed by atoms with E-state index in [-0.39, 0.29) is 0 Å². The van der Waals surface area contributed by atoms with Crippen molar-refractivity contribution in [2.24, 2.45) is 0 Å². The largest absolute Gasteiger partial charge is 0.497 e.